The molecule has 2 aromatic rings. The van der Waals surface area contributed by atoms with E-state index in [-0.39, 0.29) is 5.69 Å². The zero-order chi connectivity index (χ0) is 14.2. The number of halogens is 2. The molecule has 0 saturated heterocycles. The molecule has 0 unspecified atom stereocenters. The fourth-order valence-electron chi connectivity index (χ4n) is 1.68. The molecule has 1 aromatic heterocycles. The van der Waals surface area contributed by atoms with Crippen molar-refractivity contribution >= 4 is 33.5 Å². The Morgan fingerprint density at radius 2 is 2.11 bits per heavy atom. The van der Waals surface area contributed by atoms with Gasteiger partial charge in [-0.3, -0.25) is 0 Å². The van der Waals surface area contributed by atoms with Gasteiger partial charge in [-0.15, -0.1) is 0 Å². The van der Waals surface area contributed by atoms with Gasteiger partial charge in [-0.25, -0.2) is 9.48 Å². The molecule has 0 amide bonds. The average molecular weight is 344 g/mol. The van der Waals surface area contributed by atoms with Crippen LogP contribution in [0.5, 0.6) is 0 Å². The van der Waals surface area contributed by atoms with Gasteiger partial charge >= 0.3 is 5.97 Å². The van der Waals surface area contributed by atoms with Gasteiger partial charge in [0.1, 0.15) is 0 Å². The average Bonchev–Trinajstić information content (AvgIpc) is 2.69. The number of rotatable bonds is 2. The molecular formula is C13H12BrClN2O2. The van der Waals surface area contributed by atoms with Gasteiger partial charge in [0.05, 0.1) is 23.0 Å². The largest absolute Gasteiger partial charge is 0.464 e. The van der Waals surface area contributed by atoms with Crippen LogP contribution in [0.25, 0.3) is 5.69 Å². The van der Waals surface area contributed by atoms with Crippen LogP contribution in [0.1, 0.15) is 21.7 Å². The molecule has 100 valence electrons. The van der Waals surface area contributed by atoms with Crippen molar-refractivity contribution in [2.24, 2.45) is 0 Å². The minimum atomic E-state index is -0.480. The van der Waals surface area contributed by atoms with Crippen LogP contribution in [0.4, 0.5) is 0 Å². The number of esters is 1. The third-order valence-corrected chi connectivity index (χ3v) is 4.18. The van der Waals surface area contributed by atoms with Crippen molar-refractivity contribution in [3.8, 4) is 5.69 Å². The number of carbonyl (C=O) groups excluding carboxylic acids is 1. The van der Waals surface area contributed by atoms with Crippen LogP contribution in [0.2, 0.25) is 5.02 Å². The second kappa shape index (κ2) is 5.35. The number of ether oxygens (including phenoxy) is 1. The SMILES string of the molecule is COC(=O)c1nn(-c2ccc(C)c(Cl)c2)c(C)c1Br. The summed E-state index contributed by atoms with van der Waals surface area (Å²) in [6, 6.07) is 5.61. The van der Waals surface area contributed by atoms with Crippen LogP contribution >= 0.6 is 27.5 Å². The van der Waals surface area contributed by atoms with E-state index in [1.807, 2.05) is 32.0 Å². The Bertz CT molecular complexity index is 652. The first kappa shape index (κ1) is 14.1. The molecule has 0 aliphatic rings. The number of carbonyl (C=O) groups is 1. The lowest BCUT2D eigenvalue weighted by atomic mass is 10.2. The lowest BCUT2D eigenvalue weighted by Gasteiger charge is -2.06. The van der Waals surface area contributed by atoms with Crippen LogP contribution in [0, 0.1) is 13.8 Å². The summed E-state index contributed by atoms with van der Waals surface area (Å²) in [5.74, 6) is -0.480. The molecule has 0 aliphatic carbocycles. The monoisotopic (exact) mass is 342 g/mol. The first-order valence-electron chi connectivity index (χ1n) is 5.55. The Morgan fingerprint density at radius 3 is 2.68 bits per heavy atom. The van der Waals surface area contributed by atoms with Gasteiger partial charge in [0.15, 0.2) is 5.69 Å². The van der Waals surface area contributed by atoms with Gasteiger partial charge in [0.2, 0.25) is 0 Å². The standard InChI is InChI=1S/C13H12BrClN2O2/c1-7-4-5-9(6-10(7)15)17-8(2)11(14)12(16-17)13(18)19-3/h4-6H,1-3H3. The summed E-state index contributed by atoms with van der Waals surface area (Å²) < 4.78 is 6.97. The summed E-state index contributed by atoms with van der Waals surface area (Å²) in [7, 11) is 1.33. The summed E-state index contributed by atoms with van der Waals surface area (Å²) >= 11 is 9.46. The van der Waals surface area contributed by atoms with Crippen molar-refractivity contribution in [2.45, 2.75) is 13.8 Å². The summed E-state index contributed by atoms with van der Waals surface area (Å²) in [5.41, 5.74) is 2.84. The highest BCUT2D eigenvalue weighted by Gasteiger charge is 2.20. The Balaban J connectivity index is 2.57. The molecule has 0 spiro atoms. The topological polar surface area (TPSA) is 44.1 Å². The van der Waals surface area contributed by atoms with Crippen molar-refractivity contribution in [3.63, 3.8) is 0 Å². The predicted molar refractivity (Wildman–Crippen MR) is 77.1 cm³/mol. The summed E-state index contributed by atoms with van der Waals surface area (Å²) in [4.78, 5) is 11.6. The zero-order valence-corrected chi connectivity index (χ0v) is 13.0. The van der Waals surface area contributed by atoms with Gasteiger partial charge in [0.25, 0.3) is 0 Å². The normalized spacial score (nSPS) is 10.6. The Labute approximate surface area is 124 Å². The van der Waals surface area contributed by atoms with Crippen LogP contribution in [-0.2, 0) is 4.74 Å². The molecule has 0 saturated carbocycles. The molecule has 19 heavy (non-hydrogen) atoms. The van der Waals surface area contributed by atoms with Crippen LogP contribution in [0.15, 0.2) is 22.7 Å². The molecule has 0 bridgehead atoms. The minimum absolute atomic E-state index is 0.247. The summed E-state index contributed by atoms with van der Waals surface area (Å²) in [5, 5.41) is 4.91. The number of benzene rings is 1. The molecule has 1 aromatic carbocycles. The van der Waals surface area contributed by atoms with E-state index in [0.29, 0.717) is 9.50 Å². The molecule has 0 N–H and O–H groups in total. The van der Waals surface area contributed by atoms with Gasteiger partial charge in [-0.2, -0.15) is 5.10 Å². The second-order valence-electron chi connectivity index (χ2n) is 4.08. The van der Waals surface area contributed by atoms with Crippen molar-refractivity contribution in [2.75, 3.05) is 7.11 Å². The van der Waals surface area contributed by atoms with Crippen molar-refractivity contribution in [1.29, 1.82) is 0 Å². The molecule has 2 rings (SSSR count). The first-order chi connectivity index (χ1) is 8.95. The van der Waals surface area contributed by atoms with E-state index in [4.69, 9.17) is 16.3 Å². The molecule has 6 heteroatoms. The van der Waals surface area contributed by atoms with Gasteiger partial charge < -0.3 is 4.74 Å². The Kier molecular flexibility index (Phi) is 3.96. The molecule has 0 atom stereocenters. The third-order valence-electron chi connectivity index (χ3n) is 2.82. The minimum Gasteiger partial charge on any atom is -0.464 e. The van der Waals surface area contributed by atoms with Crippen molar-refractivity contribution in [1.82, 2.24) is 9.78 Å². The number of hydrogen-bond donors (Lipinski definition) is 0. The van der Waals surface area contributed by atoms with E-state index in [9.17, 15) is 4.79 Å². The lowest BCUT2D eigenvalue weighted by molar-refractivity contribution is 0.0592. The van der Waals surface area contributed by atoms with E-state index >= 15 is 0 Å². The van der Waals surface area contributed by atoms with Crippen molar-refractivity contribution < 1.29 is 9.53 Å². The molecule has 0 aliphatic heterocycles. The van der Waals surface area contributed by atoms with Crippen LogP contribution in [0.3, 0.4) is 0 Å². The fraction of sp³-hybridized carbons (Fsp3) is 0.231. The number of hydrogen-bond acceptors (Lipinski definition) is 3. The van der Waals surface area contributed by atoms with E-state index in [1.54, 1.807) is 4.68 Å². The van der Waals surface area contributed by atoms with E-state index in [0.717, 1.165) is 16.9 Å². The number of aryl methyl sites for hydroxylation is 1. The van der Waals surface area contributed by atoms with E-state index in [1.165, 1.54) is 7.11 Å². The highest BCUT2D eigenvalue weighted by Crippen LogP contribution is 2.26. The van der Waals surface area contributed by atoms with Crippen molar-refractivity contribution in [3.05, 3.63) is 44.6 Å². The number of aromatic nitrogens is 2. The maximum atomic E-state index is 11.6. The van der Waals surface area contributed by atoms with E-state index < -0.39 is 5.97 Å². The molecule has 1 heterocycles. The third kappa shape index (κ3) is 2.53. The highest BCUT2D eigenvalue weighted by molar-refractivity contribution is 9.10. The molecular weight excluding hydrogens is 332 g/mol. The van der Waals surface area contributed by atoms with Gasteiger partial charge in [0, 0.05) is 5.02 Å². The summed E-state index contributed by atoms with van der Waals surface area (Å²) in [6.07, 6.45) is 0. The quantitative estimate of drug-likeness (QED) is 0.781. The Hall–Kier alpha value is -1.33. The lowest BCUT2D eigenvalue weighted by Crippen LogP contribution is -2.05. The molecule has 0 fully saturated rings. The first-order valence-corrected chi connectivity index (χ1v) is 6.72. The second-order valence-corrected chi connectivity index (χ2v) is 5.29. The zero-order valence-electron chi connectivity index (χ0n) is 10.7. The van der Waals surface area contributed by atoms with Crippen LogP contribution in [-0.4, -0.2) is 22.9 Å². The van der Waals surface area contributed by atoms with E-state index in [2.05, 4.69) is 21.0 Å². The predicted octanol–water partition coefficient (Wildman–Crippen LogP) is 3.69. The molecule has 0 radical (unpaired) electrons. The van der Waals surface area contributed by atoms with Gasteiger partial charge in [-0.05, 0) is 47.5 Å². The number of methoxy groups -OCH3 is 1. The molecule has 4 nitrogen and oxygen atoms in total. The number of nitrogens with zero attached hydrogens (tertiary/aromatic N) is 2. The Morgan fingerprint density at radius 1 is 1.42 bits per heavy atom. The van der Waals surface area contributed by atoms with Gasteiger partial charge in [-0.1, -0.05) is 17.7 Å². The highest BCUT2D eigenvalue weighted by atomic mass is 79.9. The summed E-state index contributed by atoms with van der Waals surface area (Å²) in [6.45, 7) is 3.79. The maximum absolute atomic E-state index is 11.6. The smallest absolute Gasteiger partial charge is 0.359 e. The van der Waals surface area contributed by atoms with Crippen LogP contribution < -0.4 is 0 Å². The maximum Gasteiger partial charge on any atom is 0.359 e. The fourth-order valence-corrected chi connectivity index (χ4v) is 2.26.